The van der Waals surface area contributed by atoms with Crippen LogP contribution < -0.4 is 4.90 Å². The number of para-hydroxylation sites is 1. The van der Waals surface area contributed by atoms with Crippen LogP contribution in [0.3, 0.4) is 0 Å². The van der Waals surface area contributed by atoms with Crippen molar-refractivity contribution in [3.8, 4) is 33.4 Å². The van der Waals surface area contributed by atoms with Crippen LogP contribution in [0, 0.1) is 5.92 Å². The zero-order chi connectivity index (χ0) is 44.3. The average Bonchev–Trinajstić information content (AvgIpc) is 3.95. The summed E-state index contributed by atoms with van der Waals surface area (Å²) in [4.78, 5) is 2.50. The molecule has 2 nitrogen and oxygen atoms in total. The molecule has 3 unspecified atom stereocenters. The minimum atomic E-state index is -0.125. The van der Waals surface area contributed by atoms with Crippen LogP contribution in [0.1, 0.15) is 103 Å². The highest BCUT2D eigenvalue weighted by Gasteiger charge is 2.40. The standard InChI is InChI=1S/C64H53NO/c1-39-18-7-5-10-26-54-53-34-31-42(41-30-33-50-48-23-12-11-21-46(48)47-22-13-14-24-49(47)55(50)36-41)37-59(53)66-63(54)62-60(39)40(2)45-27-17-29-58(61(45)62)65(43-19-8-6-9-20-43)44-32-35-52-51-25-15-16-28-56(51)64(3,4)57(52)38-44/h5-11,13-22,24-25,27-40,46,48H,12,23,26H2,1-4H3/b10-5-,18-7-/t39-,40?,46?,48?/m0/s1. The number of hydrogen-bond acceptors (Lipinski definition) is 2. The normalized spacial score (nSPS) is 21.4. The van der Waals surface area contributed by atoms with E-state index < -0.39 is 0 Å². The van der Waals surface area contributed by atoms with E-state index in [0.717, 1.165) is 35.6 Å². The van der Waals surface area contributed by atoms with Crippen LogP contribution >= 0.6 is 0 Å². The maximum Gasteiger partial charge on any atom is 0.139 e. The molecular formula is C64H53NO. The zero-order valence-corrected chi connectivity index (χ0v) is 38.2. The van der Waals surface area contributed by atoms with Gasteiger partial charge in [0.15, 0.2) is 0 Å². The second-order valence-corrected chi connectivity index (χ2v) is 19.8. The summed E-state index contributed by atoms with van der Waals surface area (Å²) in [6, 6.07) is 57.2. The summed E-state index contributed by atoms with van der Waals surface area (Å²) in [7, 11) is 0. The van der Waals surface area contributed by atoms with Gasteiger partial charge in [-0.25, -0.2) is 0 Å². The van der Waals surface area contributed by atoms with E-state index in [4.69, 9.17) is 4.42 Å². The molecule has 0 fully saturated rings. The summed E-state index contributed by atoms with van der Waals surface area (Å²) in [6.45, 7) is 9.51. The van der Waals surface area contributed by atoms with Gasteiger partial charge < -0.3 is 9.32 Å². The van der Waals surface area contributed by atoms with Crippen molar-refractivity contribution in [2.75, 3.05) is 4.90 Å². The molecule has 0 spiro atoms. The number of allylic oxidation sites excluding steroid dienone is 7. The number of benzene rings is 7. The zero-order valence-electron chi connectivity index (χ0n) is 38.2. The topological polar surface area (TPSA) is 16.4 Å². The van der Waals surface area contributed by atoms with Crippen molar-refractivity contribution in [1.82, 2.24) is 0 Å². The molecule has 5 aliphatic rings. The Kier molecular flexibility index (Phi) is 8.88. The van der Waals surface area contributed by atoms with Gasteiger partial charge in [0.2, 0.25) is 0 Å². The highest BCUT2D eigenvalue weighted by atomic mass is 16.3. The molecular weight excluding hydrogens is 799 g/mol. The van der Waals surface area contributed by atoms with Crippen molar-refractivity contribution >= 4 is 33.6 Å². The summed E-state index contributed by atoms with van der Waals surface area (Å²) >= 11 is 0. The summed E-state index contributed by atoms with van der Waals surface area (Å²) in [5.74, 6) is 2.35. The first kappa shape index (κ1) is 39.2. The van der Waals surface area contributed by atoms with Crippen LogP contribution in [0.2, 0.25) is 0 Å². The summed E-state index contributed by atoms with van der Waals surface area (Å²) in [5, 5.41) is 1.18. The average molecular weight is 852 g/mol. The van der Waals surface area contributed by atoms with Crippen molar-refractivity contribution in [2.24, 2.45) is 5.92 Å². The molecule has 4 atom stereocenters. The SMILES string of the molecule is CC1C2=C(c3oc4cc(-c5ccc6c(c5)-c5ccccc5C5C=CCCC65)ccc4c3C/C=C\C=C/[C@@H]2C)c2c1cccc2N(c1ccccc1)c1ccc2c(c1)C(C)(C)c1ccccc1-2. The van der Waals surface area contributed by atoms with Gasteiger partial charge in [-0.1, -0.05) is 173 Å². The van der Waals surface area contributed by atoms with Crippen LogP contribution in [-0.4, -0.2) is 0 Å². The molecule has 1 aromatic heterocycles. The molecule has 0 radical (unpaired) electrons. The second kappa shape index (κ2) is 14.9. The van der Waals surface area contributed by atoms with E-state index in [0.29, 0.717) is 11.8 Å². The molecule has 320 valence electrons. The monoisotopic (exact) mass is 851 g/mol. The highest BCUT2D eigenvalue weighted by molar-refractivity contribution is 6.01. The Morgan fingerprint density at radius 3 is 2.26 bits per heavy atom. The Morgan fingerprint density at radius 1 is 0.591 bits per heavy atom. The molecule has 0 aliphatic heterocycles. The molecule has 0 saturated carbocycles. The minimum absolute atomic E-state index is 0.125. The maximum absolute atomic E-state index is 7.42. The van der Waals surface area contributed by atoms with Gasteiger partial charge >= 0.3 is 0 Å². The van der Waals surface area contributed by atoms with E-state index in [1.54, 1.807) is 0 Å². The van der Waals surface area contributed by atoms with Gasteiger partial charge in [-0.05, 0) is 140 Å². The minimum Gasteiger partial charge on any atom is -0.456 e. The lowest BCUT2D eigenvalue weighted by molar-refractivity contribution is 0.547. The molecule has 2 heteroatoms. The predicted molar refractivity (Wildman–Crippen MR) is 275 cm³/mol. The van der Waals surface area contributed by atoms with Gasteiger partial charge in [-0.15, -0.1) is 0 Å². The summed E-state index contributed by atoms with van der Waals surface area (Å²) in [6.07, 6.45) is 17.1. The van der Waals surface area contributed by atoms with Gasteiger partial charge in [-0.3, -0.25) is 0 Å². The van der Waals surface area contributed by atoms with Crippen molar-refractivity contribution in [2.45, 2.75) is 70.1 Å². The number of fused-ring (bicyclic) bond motifs is 15. The third-order valence-corrected chi connectivity index (χ3v) is 15.9. The fourth-order valence-corrected chi connectivity index (χ4v) is 12.8. The number of rotatable bonds is 4. The van der Waals surface area contributed by atoms with Crippen LogP contribution in [0.5, 0.6) is 0 Å². The summed E-state index contributed by atoms with van der Waals surface area (Å²) < 4.78 is 7.42. The van der Waals surface area contributed by atoms with E-state index in [-0.39, 0.29) is 17.3 Å². The highest BCUT2D eigenvalue weighted by Crippen LogP contribution is 2.57. The molecule has 66 heavy (non-hydrogen) atoms. The molecule has 8 aromatic rings. The Morgan fingerprint density at radius 2 is 1.36 bits per heavy atom. The number of nitrogens with zero attached hydrogens (tertiary/aromatic N) is 1. The van der Waals surface area contributed by atoms with Crippen molar-refractivity contribution in [3.63, 3.8) is 0 Å². The molecule has 1 heterocycles. The van der Waals surface area contributed by atoms with Crippen LogP contribution in [0.4, 0.5) is 17.1 Å². The van der Waals surface area contributed by atoms with Crippen molar-refractivity contribution < 1.29 is 4.42 Å². The smallest absolute Gasteiger partial charge is 0.139 e. The Labute approximate surface area is 389 Å². The van der Waals surface area contributed by atoms with Gasteiger partial charge in [-0.2, -0.15) is 0 Å². The molecule has 13 rings (SSSR count). The first-order valence-electron chi connectivity index (χ1n) is 24.1. The van der Waals surface area contributed by atoms with Crippen LogP contribution in [0.15, 0.2) is 198 Å². The lowest BCUT2D eigenvalue weighted by Crippen LogP contribution is -2.18. The van der Waals surface area contributed by atoms with E-state index in [1.807, 2.05) is 0 Å². The number of anilines is 3. The van der Waals surface area contributed by atoms with Gasteiger partial charge in [0.25, 0.3) is 0 Å². The molecule has 0 saturated heterocycles. The Hall–Kier alpha value is -7.16. The molecule has 7 aromatic carbocycles. The Bertz CT molecular complexity index is 3420. The van der Waals surface area contributed by atoms with E-state index >= 15 is 0 Å². The maximum atomic E-state index is 7.42. The quantitative estimate of drug-likeness (QED) is 0.164. The third kappa shape index (κ3) is 5.80. The third-order valence-electron chi connectivity index (χ3n) is 15.9. The van der Waals surface area contributed by atoms with Crippen molar-refractivity contribution in [3.05, 3.63) is 238 Å². The first-order valence-corrected chi connectivity index (χ1v) is 24.1. The second-order valence-electron chi connectivity index (χ2n) is 19.8. The first-order chi connectivity index (χ1) is 32.3. The number of furan rings is 1. The molecule has 5 aliphatic carbocycles. The summed E-state index contributed by atoms with van der Waals surface area (Å²) in [5.41, 5.74) is 24.3. The van der Waals surface area contributed by atoms with Crippen LogP contribution in [0.25, 0.3) is 49.9 Å². The largest absolute Gasteiger partial charge is 0.456 e. The van der Waals surface area contributed by atoms with E-state index in [2.05, 4.69) is 221 Å². The fourth-order valence-electron chi connectivity index (χ4n) is 12.8. The van der Waals surface area contributed by atoms with E-state index in [9.17, 15) is 0 Å². The molecule has 0 N–H and O–H groups in total. The lowest BCUT2D eigenvalue weighted by atomic mass is 9.68. The Balaban J connectivity index is 0.988. The van der Waals surface area contributed by atoms with Gasteiger partial charge in [0.1, 0.15) is 11.3 Å². The predicted octanol–water partition coefficient (Wildman–Crippen LogP) is 17.3. The lowest BCUT2D eigenvalue weighted by Gasteiger charge is -2.36. The number of hydrogen-bond donors (Lipinski definition) is 0. The molecule has 0 amide bonds. The van der Waals surface area contributed by atoms with E-state index in [1.165, 1.54) is 101 Å². The molecule has 0 bridgehead atoms. The van der Waals surface area contributed by atoms with Crippen LogP contribution in [-0.2, 0) is 11.8 Å². The van der Waals surface area contributed by atoms with Crippen molar-refractivity contribution in [1.29, 1.82) is 0 Å². The fraction of sp³-hybridized carbons (Fsp3) is 0.188. The van der Waals surface area contributed by atoms with Gasteiger partial charge in [0, 0.05) is 50.7 Å². The van der Waals surface area contributed by atoms with Gasteiger partial charge in [0.05, 0.1) is 5.69 Å².